The first kappa shape index (κ1) is 16.7. The van der Waals surface area contributed by atoms with Crippen LogP contribution in [0.4, 0.5) is 0 Å². The van der Waals surface area contributed by atoms with Crippen LogP contribution in [0.25, 0.3) is 0 Å². The van der Waals surface area contributed by atoms with E-state index in [1.165, 1.54) is 0 Å². The topological polar surface area (TPSA) is 32.3 Å². The summed E-state index contributed by atoms with van der Waals surface area (Å²) in [5, 5.41) is 2.96. The van der Waals surface area contributed by atoms with E-state index in [2.05, 4.69) is 55.9 Å². The molecule has 1 aromatic rings. The van der Waals surface area contributed by atoms with Crippen molar-refractivity contribution in [3.8, 4) is 0 Å². The van der Waals surface area contributed by atoms with Crippen molar-refractivity contribution in [2.45, 2.75) is 20.3 Å². The molecule has 0 unspecified atom stereocenters. The summed E-state index contributed by atoms with van der Waals surface area (Å²) in [7, 11) is 0. The van der Waals surface area contributed by atoms with E-state index in [0.717, 1.165) is 35.0 Å². The number of hydrogen-bond donors (Lipinski definition) is 1. The second-order valence-electron chi connectivity index (χ2n) is 4.31. The number of carbonyl (C=O) groups is 1. The third-order valence-corrected chi connectivity index (χ3v) is 4.06. The molecule has 106 valence electrons. The molecule has 0 aliphatic rings. The van der Waals surface area contributed by atoms with Crippen molar-refractivity contribution >= 4 is 37.8 Å². The number of nitrogens with zero attached hydrogens (tertiary/aromatic N) is 1. The van der Waals surface area contributed by atoms with Gasteiger partial charge in [0.1, 0.15) is 0 Å². The zero-order valence-corrected chi connectivity index (χ0v) is 14.6. The van der Waals surface area contributed by atoms with E-state index in [4.69, 9.17) is 0 Å². The molecule has 0 bridgehead atoms. The van der Waals surface area contributed by atoms with Crippen LogP contribution in [0.1, 0.15) is 30.6 Å². The number of rotatable bonds is 7. The lowest BCUT2D eigenvalue weighted by molar-refractivity contribution is 0.0948. The molecule has 1 aromatic carbocycles. The normalized spacial score (nSPS) is 10.8. The van der Waals surface area contributed by atoms with Crippen molar-refractivity contribution in [3.05, 3.63) is 32.7 Å². The van der Waals surface area contributed by atoms with Gasteiger partial charge in [-0.15, -0.1) is 0 Å². The molecule has 0 heterocycles. The van der Waals surface area contributed by atoms with Gasteiger partial charge in [-0.25, -0.2) is 0 Å². The fourth-order valence-corrected chi connectivity index (χ4v) is 2.63. The van der Waals surface area contributed by atoms with Gasteiger partial charge in [0, 0.05) is 22.0 Å². The van der Waals surface area contributed by atoms with E-state index >= 15 is 0 Å². The second-order valence-corrected chi connectivity index (χ2v) is 6.08. The largest absolute Gasteiger partial charge is 0.351 e. The maximum Gasteiger partial charge on any atom is 0.252 e. The molecule has 0 aliphatic carbocycles. The number of benzene rings is 1. The number of hydrogen-bond acceptors (Lipinski definition) is 2. The summed E-state index contributed by atoms with van der Waals surface area (Å²) < 4.78 is 1.72. The number of amides is 1. The van der Waals surface area contributed by atoms with Crippen molar-refractivity contribution in [1.29, 1.82) is 0 Å². The van der Waals surface area contributed by atoms with Gasteiger partial charge in [-0.2, -0.15) is 0 Å². The maximum atomic E-state index is 12.1. The van der Waals surface area contributed by atoms with Crippen LogP contribution < -0.4 is 5.32 Å². The predicted molar refractivity (Wildman–Crippen MR) is 86.6 cm³/mol. The van der Waals surface area contributed by atoms with Crippen LogP contribution >= 0.6 is 31.9 Å². The molecule has 0 saturated heterocycles. The molecule has 5 heteroatoms. The van der Waals surface area contributed by atoms with E-state index in [0.29, 0.717) is 12.1 Å². The minimum Gasteiger partial charge on any atom is -0.351 e. The summed E-state index contributed by atoms with van der Waals surface area (Å²) in [5.74, 6) is -0.0410. The molecular formula is C14H20Br2N2O. The quantitative estimate of drug-likeness (QED) is 0.768. The van der Waals surface area contributed by atoms with Gasteiger partial charge >= 0.3 is 0 Å². The lowest BCUT2D eigenvalue weighted by atomic mass is 10.2. The van der Waals surface area contributed by atoms with Gasteiger partial charge in [0.25, 0.3) is 5.91 Å². The highest BCUT2D eigenvalue weighted by Crippen LogP contribution is 2.21. The van der Waals surface area contributed by atoms with Crippen molar-refractivity contribution in [1.82, 2.24) is 10.2 Å². The van der Waals surface area contributed by atoms with Crippen LogP contribution in [0.15, 0.2) is 27.1 Å². The lowest BCUT2D eigenvalue weighted by Gasteiger charge is -2.19. The third kappa shape index (κ3) is 5.63. The van der Waals surface area contributed by atoms with E-state index in [-0.39, 0.29) is 5.91 Å². The first-order valence-corrected chi connectivity index (χ1v) is 8.12. The first-order chi connectivity index (χ1) is 9.08. The van der Waals surface area contributed by atoms with Gasteiger partial charge in [-0.3, -0.25) is 4.79 Å². The molecule has 0 fully saturated rings. The van der Waals surface area contributed by atoms with Gasteiger partial charge in [-0.05, 0) is 53.6 Å². The molecule has 1 N–H and O–H groups in total. The van der Waals surface area contributed by atoms with Crippen LogP contribution in [0.3, 0.4) is 0 Å². The molecule has 0 aromatic heterocycles. The molecule has 0 saturated carbocycles. The molecule has 0 radical (unpaired) electrons. The van der Waals surface area contributed by atoms with Crippen molar-refractivity contribution in [3.63, 3.8) is 0 Å². The van der Waals surface area contributed by atoms with Crippen LogP contribution in [0, 0.1) is 0 Å². The Balaban J connectivity index is 2.49. The fraction of sp³-hybridized carbons (Fsp3) is 0.500. The van der Waals surface area contributed by atoms with E-state index < -0.39 is 0 Å². The van der Waals surface area contributed by atoms with Gasteiger partial charge in [0.2, 0.25) is 0 Å². The van der Waals surface area contributed by atoms with Crippen molar-refractivity contribution < 1.29 is 4.79 Å². The number of likely N-dealkylation sites (N-methyl/N-ethyl adjacent to an activating group) is 1. The predicted octanol–water partition coefficient (Wildman–Crippen LogP) is 3.67. The zero-order chi connectivity index (χ0) is 14.3. The second kappa shape index (κ2) is 8.72. The highest BCUT2D eigenvalue weighted by atomic mass is 79.9. The Kier molecular flexibility index (Phi) is 7.64. The van der Waals surface area contributed by atoms with Crippen LogP contribution in [0.5, 0.6) is 0 Å². The Morgan fingerprint density at radius 3 is 2.63 bits per heavy atom. The summed E-state index contributed by atoms with van der Waals surface area (Å²) in [4.78, 5) is 14.4. The van der Waals surface area contributed by atoms with Gasteiger partial charge < -0.3 is 10.2 Å². The lowest BCUT2D eigenvalue weighted by Crippen LogP contribution is -2.35. The molecule has 1 rings (SSSR count). The summed E-state index contributed by atoms with van der Waals surface area (Å²) in [5.41, 5.74) is 0.660. The standard InChI is InChI=1S/C14H20Br2N2O/c1-3-8-18(4-2)9-7-17-14(19)12-10-11(15)5-6-13(12)16/h5-6,10H,3-4,7-9H2,1-2H3,(H,17,19). The fourth-order valence-electron chi connectivity index (χ4n) is 1.84. The molecule has 1 amide bonds. The third-order valence-electron chi connectivity index (χ3n) is 2.87. The maximum absolute atomic E-state index is 12.1. The molecule has 0 spiro atoms. The summed E-state index contributed by atoms with van der Waals surface area (Å²) in [6.45, 7) is 7.97. The van der Waals surface area contributed by atoms with Crippen LogP contribution in [-0.2, 0) is 0 Å². The average Bonchev–Trinajstić information content (AvgIpc) is 2.40. The summed E-state index contributed by atoms with van der Waals surface area (Å²) in [6.07, 6.45) is 1.14. The molecule has 19 heavy (non-hydrogen) atoms. The van der Waals surface area contributed by atoms with Gasteiger partial charge in [-0.1, -0.05) is 29.8 Å². The molecular weight excluding hydrogens is 372 g/mol. The highest BCUT2D eigenvalue weighted by molar-refractivity contribution is 9.11. The first-order valence-electron chi connectivity index (χ1n) is 6.54. The number of nitrogens with one attached hydrogen (secondary N) is 1. The zero-order valence-electron chi connectivity index (χ0n) is 11.4. The highest BCUT2D eigenvalue weighted by Gasteiger charge is 2.10. The minimum atomic E-state index is -0.0410. The monoisotopic (exact) mass is 390 g/mol. The summed E-state index contributed by atoms with van der Waals surface area (Å²) >= 11 is 6.78. The van der Waals surface area contributed by atoms with E-state index in [1.807, 2.05) is 18.2 Å². The summed E-state index contributed by atoms with van der Waals surface area (Å²) in [6, 6.07) is 5.60. The average molecular weight is 392 g/mol. The molecule has 0 atom stereocenters. The smallest absolute Gasteiger partial charge is 0.252 e. The Morgan fingerprint density at radius 2 is 2.00 bits per heavy atom. The van der Waals surface area contributed by atoms with Crippen molar-refractivity contribution in [2.75, 3.05) is 26.2 Å². The van der Waals surface area contributed by atoms with E-state index in [9.17, 15) is 4.79 Å². The van der Waals surface area contributed by atoms with Gasteiger partial charge in [0.15, 0.2) is 0 Å². The number of carbonyl (C=O) groups excluding carboxylic acids is 1. The van der Waals surface area contributed by atoms with Crippen molar-refractivity contribution in [2.24, 2.45) is 0 Å². The van der Waals surface area contributed by atoms with E-state index in [1.54, 1.807) is 0 Å². The molecule has 3 nitrogen and oxygen atoms in total. The Morgan fingerprint density at radius 1 is 1.26 bits per heavy atom. The minimum absolute atomic E-state index is 0.0410. The van der Waals surface area contributed by atoms with Crippen LogP contribution in [0.2, 0.25) is 0 Å². The van der Waals surface area contributed by atoms with Crippen LogP contribution in [-0.4, -0.2) is 37.0 Å². The molecule has 0 aliphatic heterocycles. The SMILES string of the molecule is CCCN(CC)CCNC(=O)c1cc(Br)ccc1Br. The Hall–Kier alpha value is -0.390. The number of halogens is 2. The Bertz CT molecular complexity index is 424. The Labute approximate surface area is 132 Å². The van der Waals surface area contributed by atoms with Gasteiger partial charge in [0.05, 0.1) is 5.56 Å².